The monoisotopic (exact) mass is 422 g/mol. The van der Waals surface area contributed by atoms with Gasteiger partial charge in [-0.25, -0.2) is 8.42 Å². The average Bonchev–Trinajstić information content (AvgIpc) is 2.99. The van der Waals surface area contributed by atoms with Crippen molar-refractivity contribution >= 4 is 33.2 Å². The quantitative estimate of drug-likeness (QED) is 0.716. The molecule has 2 aromatic rings. The van der Waals surface area contributed by atoms with E-state index in [-0.39, 0.29) is 28.4 Å². The average molecular weight is 423 g/mol. The number of hydrogen-bond acceptors (Lipinski definition) is 4. The van der Waals surface area contributed by atoms with Gasteiger partial charge in [0, 0.05) is 18.8 Å². The molecule has 3 rings (SSSR count). The number of para-hydroxylation sites is 1. The molecular weight excluding hydrogens is 400 g/mol. The number of benzene rings is 2. The lowest BCUT2D eigenvalue weighted by molar-refractivity contribution is -0.118. The number of rotatable bonds is 6. The Morgan fingerprint density at radius 1 is 1.29 bits per heavy atom. The molecule has 0 saturated carbocycles. The molecule has 150 valence electrons. The predicted molar refractivity (Wildman–Crippen MR) is 110 cm³/mol. The summed E-state index contributed by atoms with van der Waals surface area (Å²) in [6.07, 6.45) is 0.757. The van der Waals surface area contributed by atoms with Gasteiger partial charge in [-0.15, -0.1) is 0 Å². The number of amides is 1. The van der Waals surface area contributed by atoms with Crippen LogP contribution in [0.1, 0.15) is 19.4 Å². The fraction of sp³-hybridized carbons (Fsp3) is 0.350. The van der Waals surface area contributed by atoms with Crippen LogP contribution in [0.4, 0.5) is 5.69 Å². The molecule has 28 heavy (non-hydrogen) atoms. The van der Waals surface area contributed by atoms with E-state index in [1.807, 2.05) is 38.1 Å². The van der Waals surface area contributed by atoms with Crippen LogP contribution in [0.5, 0.6) is 5.75 Å². The molecule has 6 nitrogen and oxygen atoms in total. The van der Waals surface area contributed by atoms with Crippen LogP contribution in [0.3, 0.4) is 0 Å². The van der Waals surface area contributed by atoms with E-state index in [1.165, 1.54) is 25.2 Å². The second-order valence-electron chi connectivity index (χ2n) is 6.73. The van der Waals surface area contributed by atoms with Gasteiger partial charge in [0.25, 0.3) is 0 Å². The standard InChI is InChI=1S/C20H23ClN2O4S/c1-4-27-19-10-9-16(12-17(19)21)28(25,26)22(3)13-20(24)23-14(2)11-15-7-5-6-8-18(15)23/h5-10,12,14H,4,11,13H2,1-3H3/t14-/m0/s1. The van der Waals surface area contributed by atoms with Crippen LogP contribution in [-0.2, 0) is 21.2 Å². The third-order valence-corrected chi connectivity index (χ3v) is 6.84. The summed E-state index contributed by atoms with van der Waals surface area (Å²) in [6, 6.07) is 12.0. The number of carbonyl (C=O) groups excluding carboxylic acids is 1. The Bertz CT molecular complexity index is 993. The first-order chi connectivity index (χ1) is 13.3. The maximum Gasteiger partial charge on any atom is 0.243 e. The Morgan fingerprint density at radius 3 is 2.68 bits per heavy atom. The molecule has 2 aromatic carbocycles. The smallest absolute Gasteiger partial charge is 0.243 e. The molecule has 1 atom stereocenters. The van der Waals surface area contributed by atoms with Crippen molar-refractivity contribution < 1.29 is 17.9 Å². The first kappa shape index (κ1) is 20.6. The lowest BCUT2D eigenvalue weighted by atomic mass is 10.1. The van der Waals surface area contributed by atoms with Crippen LogP contribution in [0.25, 0.3) is 0 Å². The Kier molecular flexibility index (Phi) is 5.98. The van der Waals surface area contributed by atoms with Crippen molar-refractivity contribution in [2.75, 3.05) is 25.1 Å². The summed E-state index contributed by atoms with van der Waals surface area (Å²) < 4.78 is 32.2. The van der Waals surface area contributed by atoms with E-state index in [9.17, 15) is 13.2 Å². The fourth-order valence-electron chi connectivity index (χ4n) is 3.39. The highest BCUT2D eigenvalue weighted by atomic mass is 35.5. The summed E-state index contributed by atoms with van der Waals surface area (Å²) in [5, 5.41) is 0.213. The highest BCUT2D eigenvalue weighted by Crippen LogP contribution is 2.32. The minimum absolute atomic E-state index is 0.0130. The summed E-state index contributed by atoms with van der Waals surface area (Å²) in [6.45, 7) is 3.94. The third kappa shape index (κ3) is 3.87. The molecule has 0 bridgehead atoms. The molecule has 0 unspecified atom stereocenters. The predicted octanol–water partition coefficient (Wildman–Crippen LogP) is 3.34. The van der Waals surface area contributed by atoms with Crippen molar-refractivity contribution in [3.8, 4) is 5.75 Å². The SMILES string of the molecule is CCOc1ccc(S(=O)(=O)N(C)CC(=O)N2c3ccccc3C[C@@H]2C)cc1Cl. The topological polar surface area (TPSA) is 66.9 Å². The van der Waals surface area contributed by atoms with Gasteiger partial charge >= 0.3 is 0 Å². The number of nitrogens with zero attached hydrogens (tertiary/aromatic N) is 2. The minimum Gasteiger partial charge on any atom is -0.492 e. The van der Waals surface area contributed by atoms with Gasteiger partial charge in [-0.1, -0.05) is 29.8 Å². The van der Waals surface area contributed by atoms with Gasteiger partial charge in [-0.3, -0.25) is 4.79 Å². The van der Waals surface area contributed by atoms with Gasteiger partial charge in [0.05, 0.1) is 23.1 Å². The van der Waals surface area contributed by atoms with Crippen molar-refractivity contribution in [2.45, 2.75) is 31.2 Å². The molecule has 8 heteroatoms. The van der Waals surface area contributed by atoms with Crippen molar-refractivity contribution in [1.29, 1.82) is 0 Å². The number of fused-ring (bicyclic) bond motifs is 1. The van der Waals surface area contributed by atoms with Crippen LogP contribution < -0.4 is 9.64 Å². The highest BCUT2D eigenvalue weighted by molar-refractivity contribution is 7.89. The van der Waals surface area contributed by atoms with Crippen LogP contribution >= 0.6 is 11.6 Å². The Hall–Kier alpha value is -2.09. The van der Waals surface area contributed by atoms with Crippen LogP contribution in [0.15, 0.2) is 47.4 Å². The Labute approximate surface area is 170 Å². The normalized spacial score (nSPS) is 16.3. The molecule has 1 aliphatic rings. The number of hydrogen-bond donors (Lipinski definition) is 0. The summed E-state index contributed by atoms with van der Waals surface area (Å²) in [5.41, 5.74) is 1.93. The minimum atomic E-state index is -3.87. The molecule has 0 N–H and O–H groups in total. The van der Waals surface area contributed by atoms with Gasteiger partial charge in [-0.05, 0) is 50.1 Å². The number of carbonyl (C=O) groups is 1. The van der Waals surface area contributed by atoms with E-state index in [1.54, 1.807) is 4.90 Å². The van der Waals surface area contributed by atoms with Crippen LogP contribution in [-0.4, -0.2) is 44.9 Å². The molecule has 0 spiro atoms. The Morgan fingerprint density at radius 2 is 2.00 bits per heavy atom. The molecule has 0 saturated heterocycles. The molecular formula is C20H23ClN2O4S. The number of sulfonamides is 1. The molecule has 1 aliphatic heterocycles. The van der Waals surface area contributed by atoms with E-state index in [0.717, 1.165) is 22.0 Å². The first-order valence-electron chi connectivity index (χ1n) is 9.04. The zero-order chi connectivity index (χ0) is 20.5. The molecule has 1 amide bonds. The van der Waals surface area contributed by atoms with Gasteiger partial charge in [0.1, 0.15) is 5.75 Å². The number of halogens is 1. The van der Waals surface area contributed by atoms with Gasteiger partial charge < -0.3 is 9.64 Å². The van der Waals surface area contributed by atoms with Gasteiger partial charge in [0.15, 0.2) is 0 Å². The largest absolute Gasteiger partial charge is 0.492 e. The summed E-state index contributed by atoms with van der Waals surface area (Å²) >= 11 is 6.12. The van der Waals surface area contributed by atoms with Crippen molar-refractivity contribution in [2.24, 2.45) is 0 Å². The first-order valence-corrected chi connectivity index (χ1v) is 10.9. The van der Waals surface area contributed by atoms with Crippen molar-refractivity contribution in [1.82, 2.24) is 4.31 Å². The third-order valence-electron chi connectivity index (χ3n) is 4.75. The van der Waals surface area contributed by atoms with E-state index in [0.29, 0.717) is 12.4 Å². The van der Waals surface area contributed by atoms with E-state index in [4.69, 9.17) is 16.3 Å². The lowest BCUT2D eigenvalue weighted by Gasteiger charge is -2.25. The van der Waals surface area contributed by atoms with Crippen LogP contribution in [0, 0.1) is 0 Å². The zero-order valence-electron chi connectivity index (χ0n) is 16.1. The maximum absolute atomic E-state index is 12.9. The number of likely N-dealkylation sites (N-methyl/N-ethyl adjacent to an activating group) is 1. The second kappa shape index (κ2) is 8.11. The van der Waals surface area contributed by atoms with Gasteiger partial charge in [0.2, 0.25) is 15.9 Å². The molecule has 0 fully saturated rings. The maximum atomic E-state index is 12.9. The molecule has 0 aromatic heterocycles. The lowest BCUT2D eigenvalue weighted by Crippen LogP contribution is -2.43. The Balaban J connectivity index is 1.79. The fourth-order valence-corrected chi connectivity index (χ4v) is 4.84. The van der Waals surface area contributed by atoms with Crippen molar-refractivity contribution in [3.05, 3.63) is 53.1 Å². The van der Waals surface area contributed by atoms with Crippen molar-refractivity contribution in [3.63, 3.8) is 0 Å². The summed E-state index contributed by atoms with van der Waals surface area (Å²) in [5.74, 6) is 0.157. The summed E-state index contributed by atoms with van der Waals surface area (Å²) in [4.78, 5) is 14.6. The molecule has 0 radical (unpaired) electrons. The van der Waals surface area contributed by atoms with Gasteiger partial charge in [-0.2, -0.15) is 4.31 Å². The van der Waals surface area contributed by atoms with E-state index >= 15 is 0 Å². The molecule has 0 aliphatic carbocycles. The second-order valence-corrected chi connectivity index (χ2v) is 9.18. The highest BCUT2D eigenvalue weighted by Gasteiger charge is 2.33. The number of anilines is 1. The number of ether oxygens (including phenoxy) is 1. The zero-order valence-corrected chi connectivity index (χ0v) is 17.6. The van der Waals surface area contributed by atoms with E-state index < -0.39 is 10.0 Å². The van der Waals surface area contributed by atoms with E-state index in [2.05, 4.69) is 0 Å². The molecule has 1 heterocycles. The van der Waals surface area contributed by atoms with Crippen LogP contribution in [0.2, 0.25) is 5.02 Å². The summed E-state index contributed by atoms with van der Waals surface area (Å²) in [7, 11) is -2.47.